The molecule has 0 aliphatic carbocycles. The number of rotatable bonds is 6. The summed E-state index contributed by atoms with van der Waals surface area (Å²) in [6.45, 7) is 4.63. The number of halogens is 1. The lowest BCUT2D eigenvalue weighted by molar-refractivity contribution is -0.121. The van der Waals surface area contributed by atoms with Crippen LogP contribution in [-0.2, 0) is 16.0 Å². The summed E-state index contributed by atoms with van der Waals surface area (Å²) in [5.41, 5.74) is 0.786. The number of amides is 2. The van der Waals surface area contributed by atoms with Crippen molar-refractivity contribution in [2.45, 2.75) is 38.8 Å². The van der Waals surface area contributed by atoms with E-state index in [-0.39, 0.29) is 36.4 Å². The van der Waals surface area contributed by atoms with Crippen molar-refractivity contribution in [3.8, 4) is 0 Å². The van der Waals surface area contributed by atoms with Crippen molar-refractivity contribution in [3.63, 3.8) is 0 Å². The van der Waals surface area contributed by atoms with Gasteiger partial charge in [-0.3, -0.25) is 4.79 Å². The Hall–Kier alpha value is -2.11. The molecular formula is C16H21FN2O3. The Labute approximate surface area is 129 Å². The van der Waals surface area contributed by atoms with Crippen LogP contribution in [0.1, 0.15) is 25.8 Å². The van der Waals surface area contributed by atoms with Crippen LogP contribution in [0.25, 0.3) is 0 Å². The van der Waals surface area contributed by atoms with E-state index in [1.54, 1.807) is 17.0 Å². The molecule has 0 radical (unpaired) electrons. The Morgan fingerprint density at radius 2 is 2.27 bits per heavy atom. The van der Waals surface area contributed by atoms with Gasteiger partial charge in [-0.2, -0.15) is 0 Å². The molecule has 5 nitrogen and oxygen atoms in total. The first-order valence-corrected chi connectivity index (χ1v) is 7.44. The minimum atomic E-state index is -0.339. The molecule has 0 saturated carbocycles. The number of aryl methyl sites for hydroxylation is 1. The first kappa shape index (κ1) is 16.3. The maximum absolute atomic E-state index is 13.0. The minimum absolute atomic E-state index is 0.0844. The summed E-state index contributed by atoms with van der Waals surface area (Å²) >= 11 is 0. The molecule has 120 valence electrons. The topological polar surface area (TPSA) is 58.6 Å². The summed E-state index contributed by atoms with van der Waals surface area (Å²) in [6, 6.07) is 6.29. The van der Waals surface area contributed by atoms with Gasteiger partial charge in [0.2, 0.25) is 5.91 Å². The third kappa shape index (κ3) is 4.44. The summed E-state index contributed by atoms with van der Waals surface area (Å²) < 4.78 is 18.2. The van der Waals surface area contributed by atoms with Gasteiger partial charge in [0, 0.05) is 12.5 Å². The maximum Gasteiger partial charge on any atom is 0.410 e. The van der Waals surface area contributed by atoms with Crippen molar-refractivity contribution < 1.29 is 18.7 Å². The number of ether oxygens (including phenoxy) is 1. The lowest BCUT2D eigenvalue weighted by atomic mass is 10.1. The molecule has 1 aliphatic rings. The van der Waals surface area contributed by atoms with Gasteiger partial charge >= 0.3 is 6.09 Å². The van der Waals surface area contributed by atoms with Crippen LogP contribution in [0.4, 0.5) is 9.18 Å². The molecule has 1 N–H and O–H groups in total. The van der Waals surface area contributed by atoms with Gasteiger partial charge < -0.3 is 15.0 Å². The number of hydrogen-bond acceptors (Lipinski definition) is 3. The van der Waals surface area contributed by atoms with Crippen LogP contribution in [0, 0.1) is 5.82 Å². The van der Waals surface area contributed by atoms with Crippen molar-refractivity contribution in [1.82, 2.24) is 10.2 Å². The van der Waals surface area contributed by atoms with Crippen molar-refractivity contribution in [1.29, 1.82) is 0 Å². The van der Waals surface area contributed by atoms with Gasteiger partial charge in [-0.1, -0.05) is 12.1 Å². The molecule has 1 heterocycles. The van der Waals surface area contributed by atoms with Gasteiger partial charge in [-0.05, 0) is 38.0 Å². The maximum atomic E-state index is 13.0. The summed E-state index contributed by atoms with van der Waals surface area (Å²) in [6.07, 6.45) is 0.103. The predicted octanol–water partition coefficient (Wildman–Crippen LogP) is 2.10. The van der Waals surface area contributed by atoms with E-state index in [1.165, 1.54) is 12.1 Å². The van der Waals surface area contributed by atoms with Gasteiger partial charge in [-0.15, -0.1) is 0 Å². The molecule has 2 rings (SSSR count). The van der Waals surface area contributed by atoms with Crippen molar-refractivity contribution >= 4 is 12.0 Å². The molecule has 1 aromatic carbocycles. The largest absolute Gasteiger partial charge is 0.442 e. The summed E-state index contributed by atoms with van der Waals surface area (Å²) in [4.78, 5) is 25.0. The van der Waals surface area contributed by atoms with Crippen LogP contribution in [0.5, 0.6) is 0 Å². The van der Waals surface area contributed by atoms with E-state index in [1.807, 2.05) is 13.8 Å². The van der Waals surface area contributed by atoms with Crippen LogP contribution >= 0.6 is 0 Å². The zero-order valence-corrected chi connectivity index (χ0v) is 12.8. The van der Waals surface area contributed by atoms with E-state index in [0.29, 0.717) is 19.5 Å². The van der Waals surface area contributed by atoms with Crippen LogP contribution in [0.15, 0.2) is 24.3 Å². The number of nitrogens with one attached hydrogen (secondary N) is 1. The number of carbonyl (C=O) groups excluding carboxylic acids is 2. The van der Waals surface area contributed by atoms with E-state index in [0.717, 1.165) is 5.56 Å². The second-order valence-corrected chi connectivity index (χ2v) is 5.69. The van der Waals surface area contributed by atoms with E-state index in [9.17, 15) is 14.0 Å². The standard InChI is InChI=1S/C16H21FN2O3/c1-11(2)19-10-14(22-16(19)21)9-18-15(20)7-6-12-4-3-5-13(17)8-12/h3-5,8,11,14H,6-7,9-10H2,1-2H3,(H,18,20). The predicted molar refractivity (Wildman–Crippen MR) is 79.8 cm³/mol. The molecule has 0 aromatic heterocycles. The lowest BCUT2D eigenvalue weighted by Gasteiger charge is -2.16. The number of hydrogen-bond donors (Lipinski definition) is 1. The second-order valence-electron chi connectivity index (χ2n) is 5.69. The highest BCUT2D eigenvalue weighted by Crippen LogP contribution is 2.13. The van der Waals surface area contributed by atoms with Crippen LogP contribution in [0.2, 0.25) is 0 Å². The Bertz CT molecular complexity index is 548. The SMILES string of the molecule is CC(C)N1CC(CNC(=O)CCc2cccc(F)c2)OC1=O. The highest BCUT2D eigenvalue weighted by Gasteiger charge is 2.32. The monoisotopic (exact) mass is 308 g/mol. The Morgan fingerprint density at radius 1 is 1.50 bits per heavy atom. The fourth-order valence-corrected chi connectivity index (χ4v) is 2.34. The van der Waals surface area contributed by atoms with Crippen molar-refractivity contribution in [2.75, 3.05) is 13.1 Å². The molecule has 6 heteroatoms. The first-order valence-electron chi connectivity index (χ1n) is 7.44. The van der Waals surface area contributed by atoms with Gasteiger partial charge in [0.05, 0.1) is 13.1 Å². The molecule has 0 bridgehead atoms. The fraction of sp³-hybridized carbons (Fsp3) is 0.500. The lowest BCUT2D eigenvalue weighted by Crippen LogP contribution is -2.36. The smallest absolute Gasteiger partial charge is 0.410 e. The molecular weight excluding hydrogens is 287 g/mol. The van der Waals surface area contributed by atoms with E-state index in [2.05, 4.69) is 5.32 Å². The highest BCUT2D eigenvalue weighted by atomic mass is 19.1. The molecule has 2 amide bonds. The summed E-state index contributed by atoms with van der Waals surface area (Å²) in [7, 11) is 0. The average molecular weight is 308 g/mol. The normalized spacial score (nSPS) is 17.7. The first-order chi connectivity index (χ1) is 10.5. The molecule has 0 spiro atoms. The Balaban J connectivity index is 1.71. The van der Waals surface area contributed by atoms with E-state index >= 15 is 0 Å². The van der Waals surface area contributed by atoms with Gasteiger partial charge in [0.15, 0.2) is 0 Å². The molecule has 22 heavy (non-hydrogen) atoms. The number of carbonyl (C=O) groups is 2. The molecule has 1 aliphatic heterocycles. The number of cyclic esters (lactones) is 1. The third-order valence-corrected chi connectivity index (χ3v) is 3.58. The Kier molecular flexibility index (Phi) is 5.35. The quantitative estimate of drug-likeness (QED) is 0.875. The average Bonchev–Trinajstić information content (AvgIpc) is 2.84. The second kappa shape index (κ2) is 7.24. The summed E-state index contributed by atoms with van der Waals surface area (Å²) in [5.74, 6) is -0.437. The van der Waals surface area contributed by atoms with Crippen molar-refractivity contribution in [2.24, 2.45) is 0 Å². The number of benzene rings is 1. The number of nitrogens with zero attached hydrogens (tertiary/aromatic N) is 1. The van der Waals surface area contributed by atoms with Gasteiger partial charge in [0.25, 0.3) is 0 Å². The highest BCUT2D eigenvalue weighted by molar-refractivity contribution is 5.76. The zero-order chi connectivity index (χ0) is 16.1. The van der Waals surface area contributed by atoms with Gasteiger partial charge in [-0.25, -0.2) is 9.18 Å². The molecule has 1 aromatic rings. The fourth-order valence-electron chi connectivity index (χ4n) is 2.34. The molecule has 1 fully saturated rings. The molecule has 1 unspecified atom stereocenters. The molecule has 1 atom stereocenters. The van der Waals surface area contributed by atoms with Crippen LogP contribution in [-0.4, -0.2) is 42.1 Å². The van der Waals surface area contributed by atoms with Crippen molar-refractivity contribution in [3.05, 3.63) is 35.6 Å². The van der Waals surface area contributed by atoms with E-state index in [4.69, 9.17) is 4.74 Å². The van der Waals surface area contributed by atoms with Crippen LogP contribution in [0.3, 0.4) is 0 Å². The third-order valence-electron chi connectivity index (χ3n) is 3.58. The van der Waals surface area contributed by atoms with E-state index < -0.39 is 0 Å². The molecule has 1 saturated heterocycles. The van der Waals surface area contributed by atoms with Gasteiger partial charge in [0.1, 0.15) is 11.9 Å². The minimum Gasteiger partial charge on any atom is -0.442 e. The van der Waals surface area contributed by atoms with Crippen LogP contribution < -0.4 is 5.32 Å². The Morgan fingerprint density at radius 3 is 2.91 bits per heavy atom. The summed E-state index contributed by atoms with van der Waals surface area (Å²) in [5, 5.41) is 2.75. The zero-order valence-electron chi connectivity index (χ0n) is 12.8.